The van der Waals surface area contributed by atoms with Crippen LogP contribution in [-0.2, 0) is 7.05 Å². The Labute approximate surface area is 114 Å². The summed E-state index contributed by atoms with van der Waals surface area (Å²) in [5, 5.41) is 11.7. The first-order valence-electron chi connectivity index (χ1n) is 5.72. The fourth-order valence-corrected chi connectivity index (χ4v) is 1.70. The van der Waals surface area contributed by atoms with E-state index in [0.29, 0.717) is 11.4 Å². The van der Waals surface area contributed by atoms with Crippen LogP contribution in [0.2, 0.25) is 0 Å². The number of ether oxygens (including phenoxy) is 1. The van der Waals surface area contributed by atoms with E-state index < -0.39 is 11.9 Å². The molecule has 1 amide bonds. The van der Waals surface area contributed by atoms with Crippen molar-refractivity contribution in [3.8, 4) is 5.75 Å². The molecule has 0 aliphatic rings. The standard InChI is InChI=1S/C13H13N3O4/c1-16-7-14-6-11(16)12(17)15-10-5-8(20-2)3-4-9(10)13(18)19/h3-7H,1-2H3,(H,15,17)(H,18,19). The Bertz CT molecular complexity index is 663. The maximum atomic E-state index is 12.1. The number of aromatic carboxylic acids is 1. The Morgan fingerprint density at radius 1 is 1.40 bits per heavy atom. The molecule has 1 aromatic carbocycles. The molecular formula is C13H13N3O4. The number of methoxy groups -OCH3 is 1. The molecule has 0 aliphatic carbocycles. The second kappa shape index (κ2) is 5.43. The zero-order chi connectivity index (χ0) is 14.7. The zero-order valence-corrected chi connectivity index (χ0v) is 11.0. The van der Waals surface area contributed by atoms with Crippen LogP contribution in [0, 0.1) is 0 Å². The number of anilines is 1. The molecule has 20 heavy (non-hydrogen) atoms. The fourth-order valence-electron chi connectivity index (χ4n) is 1.70. The van der Waals surface area contributed by atoms with Crippen LogP contribution in [0.1, 0.15) is 20.8 Å². The van der Waals surface area contributed by atoms with Crippen molar-refractivity contribution in [1.82, 2.24) is 9.55 Å². The zero-order valence-electron chi connectivity index (χ0n) is 11.0. The summed E-state index contributed by atoms with van der Waals surface area (Å²) >= 11 is 0. The van der Waals surface area contributed by atoms with Crippen molar-refractivity contribution in [2.24, 2.45) is 7.05 Å². The molecule has 0 saturated carbocycles. The first kappa shape index (κ1) is 13.6. The summed E-state index contributed by atoms with van der Waals surface area (Å²) in [6.45, 7) is 0. The third-order valence-corrected chi connectivity index (χ3v) is 2.75. The summed E-state index contributed by atoms with van der Waals surface area (Å²) in [6, 6.07) is 4.35. The molecule has 1 heterocycles. The molecule has 0 radical (unpaired) electrons. The van der Waals surface area contributed by atoms with Gasteiger partial charge in [-0.25, -0.2) is 9.78 Å². The number of hydrogen-bond donors (Lipinski definition) is 2. The minimum absolute atomic E-state index is 0.0127. The number of carbonyl (C=O) groups excluding carboxylic acids is 1. The molecule has 0 fully saturated rings. The number of hydrogen-bond acceptors (Lipinski definition) is 4. The van der Waals surface area contributed by atoms with Gasteiger partial charge in [0.1, 0.15) is 11.4 Å². The molecule has 0 bridgehead atoms. The van der Waals surface area contributed by atoms with Crippen LogP contribution in [0.15, 0.2) is 30.7 Å². The highest BCUT2D eigenvalue weighted by Crippen LogP contribution is 2.23. The van der Waals surface area contributed by atoms with E-state index in [1.54, 1.807) is 7.05 Å². The Balaban J connectivity index is 2.34. The molecule has 0 saturated heterocycles. The normalized spacial score (nSPS) is 10.1. The number of nitrogens with zero attached hydrogens (tertiary/aromatic N) is 2. The third-order valence-electron chi connectivity index (χ3n) is 2.75. The first-order chi connectivity index (χ1) is 9.52. The predicted octanol–water partition coefficient (Wildman–Crippen LogP) is 1.38. The van der Waals surface area contributed by atoms with Gasteiger partial charge in [-0.2, -0.15) is 0 Å². The van der Waals surface area contributed by atoms with Gasteiger partial charge in [0, 0.05) is 13.1 Å². The van der Waals surface area contributed by atoms with Gasteiger partial charge in [0.2, 0.25) is 0 Å². The van der Waals surface area contributed by atoms with Crippen molar-refractivity contribution < 1.29 is 19.4 Å². The molecule has 0 unspecified atom stereocenters. The van der Waals surface area contributed by atoms with E-state index in [4.69, 9.17) is 9.84 Å². The van der Waals surface area contributed by atoms with E-state index in [2.05, 4.69) is 10.3 Å². The Morgan fingerprint density at radius 2 is 2.15 bits per heavy atom. The molecule has 7 nitrogen and oxygen atoms in total. The minimum Gasteiger partial charge on any atom is -0.497 e. The van der Waals surface area contributed by atoms with Gasteiger partial charge in [-0.15, -0.1) is 0 Å². The lowest BCUT2D eigenvalue weighted by molar-refractivity contribution is 0.0698. The lowest BCUT2D eigenvalue weighted by atomic mass is 10.1. The second-order valence-corrected chi connectivity index (χ2v) is 4.06. The molecule has 2 aromatic rings. The van der Waals surface area contributed by atoms with Crippen molar-refractivity contribution >= 4 is 17.6 Å². The molecule has 2 rings (SSSR count). The van der Waals surface area contributed by atoms with Crippen molar-refractivity contribution in [2.75, 3.05) is 12.4 Å². The number of benzene rings is 1. The van der Waals surface area contributed by atoms with Crippen molar-refractivity contribution in [1.29, 1.82) is 0 Å². The van der Waals surface area contributed by atoms with Gasteiger partial charge >= 0.3 is 5.97 Å². The van der Waals surface area contributed by atoms with E-state index in [9.17, 15) is 9.59 Å². The largest absolute Gasteiger partial charge is 0.497 e. The van der Waals surface area contributed by atoms with Gasteiger partial charge in [0.05, 0.1) is 30.9 Å². The van der Waals surface area contributed by atoms with Gasteiger partial charge in [-0.1, -0.05) is 0 Å². The Hall–Kier alpha value is -2.83. The lowest BCUT2D eigenvalue weighted by Gasteiger charge is -2.10. The Morgan fingerprint density at radius 3 is 2.70 bits per heavy atom. The van der Waals surface area contributed by atoms with E-state index in [-0.39, 0.29) is 11.3 Å². The van der Waals surface area contributed by atoms with E-state index in [1.165, 1.54) is 42.4 Å². The average molecular weight is 275 g/mol. The van der Waals surface area contributed by atoms with Crippen LogP contribution in [0.4, 0.5) is 5.69 Å². The summed E-state index contributed by atoms with van der Waals surface area (Å²) in [4.78, 5) is 27.0. The third kappa shape index (κ3) is 2.61. The summed E-state index contributed by atoms with van der Waals surface area (Å²) in [5.41, 5.74) is 0.480. The van der Waals surface area contributed by atoms with Crippen LogP contribution >= 0.6 is 0 Å². The van der Waals surface area contributed by atoms with Crippen molar-refractivity contribution in [3.05, 3.63) is 42.0 Å². The number of carbonyl (C=O) groups is 2. The summed E-state index contributed by atoms with van der Waals surface area (Å²) in [7, 11) is 3.13. The maximum Gasteiger partial charge on any atom is 0.337 e. The van der Waals surface area contributed by atoms with Gasteiger partial charge in [-0.3, -0.25) is 4.79 Å². The molecule has 0 atom stereocenters. The fraction of sp³-hybridized carbons (Fsp3) is 0.154. The highest BCUT2D eigenvalue weighted by molar-refractivity contribution is 6.07. The molecule has 104 valence electrons. The van der Waals surface area contributed by atoms with Crippen LogP contribution < -0.4 is 10.1 Å². The highest BCUT2D eigenvalue weighted by atomic mass is 16.5. The van der Waals surface area contributed by atoms with Gasteiger partial charge in [0.25, 0.3) is 5.91 Å². The first-order valence-corrected chi connectivity index (χ1v) is 5.72. The van der Waals surface area contributed by atoms with Crippen molar-refractivity contribution in [2.45, 2.75) is 0 Å². The van der Waals surface area contributed by atoms with E-state index >= 15 is 0 Å². The van der Waals surface area contributed by atoms with Gasteiger partial charge in [-0.05, 0) is 12.1 Å². The van der Waals surface area contributed by atoms with Gasteiger partial charge in [0.15, 0.2) is 0 Å². The van der Waals surface area contributed by atoms with E-state index in [1.807, 2.05) is 0 Å². The summed E-state index contributed by atoms with van der Waals surface area (Å²) < 4.78 is 6.56. The van der Waals surface area contributed by atoms with Crippen LogP contribution in [-0.4, -0.2) is 33.6 Å². The number of rotatable bonds is 4. The van der Waals surface area contributed by atoms with Crippen LogP contribution in [0.3, 0.4) is 0 Å². The number of carboxylic acid groups (broad SMARTS) is 1. The van der Waals surface area contributed by atoms with E-state index in [0.717, 1.165) is 0 Å². The van der Waals surface area contributed by atoms with Crippen molar-refractivity contribution in [3.63, 3.8) is 0 Å². The topological polar surface area (TPSA) is 93.4 Å². The number of amides is 1. The number of imidazole rings is 1. The summed E-state index contributed by atoms with van der Waals surface area (Å²) in [6.07, 6.45) is 2.88. The summed E-state index contributed by atoms with van der Waals surface area (Å²) in [5.74, 6) is -1.12. The van der Waals surface area contributed by atoms with Crippen LogP contribution in [0.25, 0.3) is 0 Å². The average Bonchev–Trinajstić information content (AvgIpc) is 2.84. The second-order valence-electron chi connectivity index (χ2n) is 4.06. The quantitative estimate of drug-likeness (QED) is 0.879. The molecule has 0 spiro atoms. The van der Waals surface area contributed by atoms with Crippen LogP contribution in [0.5, 0.6) is 5.75 Å². The SMILES string of the molecule is COc1ccc(C(=O)O)c(NC(=O)c2cncn2C)c1. The molecule has 7 heteroatoms. The monoisotopic (exact) mass is 275 g/mol. The lowest BCUT2D eigenvalue weighted by Crippen LogP contribution is -2.17. The Kier molecular flexibility index (Phi) is 3.69. The molecule has 2 N–H and O–H groups in total. The predicted molar refractivity (Wildman–Crippen MR) is 71.1 cm³/mol. The number of aryl methyl sites for hydroxylation is 1. The molecular weight excluding hydrogens is 262 g/mol. The molecule has 0 aliphatic heterocycles. The number of nitrogens with one attached hydrogen (secondary N) is 1. The maximum absolute atomic E-state index is 12.1. The minimum atomic E-state index is -1.13. The van der Waals surface area contributed by atoms with Gasteiger partial charge < -0.3 is 19.7 Å². The molecule has 1 aromatic heterocycles. The number of aromatic nitrogens is 2. The number of carboxylic acids is 1. The highest BCUT2D eigenvalue weighted by Gasteiger charge is 2.16. The smallest absolute Gasteiger partial charge is 0.337 e.